The molecule has 2 N–H and O–H groups in total. The van der Waals surface area contributed by atoms with E-state index >= 15 is 0 Å². The summed E-state index contributed by atoms with van der Waals surface area (Å²) in [6.45, 7) is 3.12. The molecular formula is C21H22N2O3S. The lowest BCUT2D eigenvalue weighted by Gasteiger charge is -2.14. The second-order valence-corrected chi connectivity index (χ2v) is 7.06. The van der Waals surface area contributed by atoms with Crippen LogP contribution in [0.4, 0.5) is 5.69 Å². The van der Waals surface area contributed by atoms with Crippen LogP contribution in [-0.2, 0) is 22.5 Å². The van der Waals surface area contributed by atoms with E-state index in [0.29, 0.717) is 30.2 Å². The van der Waals surface area contributed by atoms with Crippen molar-refractivity contribution < 1.29 is 14.3 Å². The largest absolute Gasteiger partial charge is 0.487 e. The number of thioether (sulfide) groups is 1. The molecule has 1 aliphatic heterocycles. The molecule has 0 atom stereocenters. The fraction of sp³-hybridized carbons (Fsp3) is 0.238. The van der Waals surface area contributed by atoms with Crippen LogP contribution in [0.3, 0.4) is 0 Å². The van der Waals surface area contributed by atoms with Crippen LogP contribution in [0.5, 0.6) is 0 Å². The van der Waals surface area contributed by atoms with Crippen LogP contribution < -0.4 is 10.6 Å². The van der Waals surface area contributed by atoms with Gasteiger partial charge in [-0.3, -0.25) is 9.59 Å². The van der Waals surface area contributed by atoms with Gasteiger partial charge in [-0.15, -0.1) is 11.8 Å². The Morgan fingerprint density at radius 3 is 2.33 bits per heavy atom. The molecule has 1 aliphatic rings. The number of nitrogens with one attached hydrogen (secondary N) is 2. The van der Waals surface area contributed by atoms with Crippen LogP contribution in [0.15, 0.2) is 59.7 Å². The number of hydrogen-bond acceptors (Lipinski definition) is 4. The summed E-state index contributed by atoms with van der Waals surface area (Å²) in [4.78, 5) is 24.4. The minimum absolute atomic E-state index is 0.151. The molecule has 6 heteroatoms. The van der Waals surface area contributed by atoms with Gasteiger partial charge in [-0.1, -0.05) is 31.2 Å². The second-order valence-electron chi connectivity index (χ2n) is 6.09. The number of carbonyl (C=O) groups is 2. The average Bonchev–Trinajstić information content (AvgIpc) is 2.73. The number of rotatable bonds is 6. The molecular weight excluding hydrogens is 360 g/mol. The first-order valence-electron chi connectivity index (χ1n) is 8.87. The van der Waals surface area contributed by atoms with Crippen LogP contribution >= 0.6 is 11.8 Å². The minimum atomic E-state index is -0.282. The summed E-state index contributed by atoms with van der Waals surface area (Å²) < 4.78 is 5.33. The van der Waals surface area contributed by atoms with Crippen molar-refractivity contribution in [2.75, 3.05) is 17.7 Å². The molecule has 5 nitrogen and oxygen atoms in total. The van der Waals surface area contributed by atoms with Gasteiger partial charge in [0.2, 0.25) is 0 Å². The van der Waals surface area contributed by atoms with E-state index in [2.05, 4.69) is 29.7 Å². The quantitative estimate of drug-likeness (QED) is 0.799. The molecule has 140 valence electrons. The van der Waals surface area contributed by atoms with Crippen molar-refractivity contribution in [1.82, 2.24) is 5.32 Å². The first-order chi connectivity index (χ1) is 13.2. The van der Waals surface area contributed by atoms with Gasteiger partial charge in [-0.05, 0) is 41.8 Å². The summed E-state index contributed by atoms with van der Waals surface area (Å²) in [5.41, 5.74) is 3.49. The van der Waals surface area contributed by atoms with Gasteiger partial charge < -0.3 is 15.4 Å². The monoisotopic (exact) mass is 382 g/mol. The summed E-state index contributed by atoms with van der Waals surface area (Å²) in [6, 6.07) is 15.0. The first kappa shape index (κ1) is 19.0. The van der Waals surface area contributed by atoms with Gasteiger partial charge in [0.15, 0.2) is 5.76 Å². The lowest BCUT2D eigenvalue weighted by molar-refractivity contribution is -0.116. The van der Waals surface area contributed by atoms with Crippen molar-refractivity contribution in [3.63, 3.8) is 0 Å². The minimum Gasteiger partial charge on any atom is -0.487 e. The number of ether oxygens (including phenoxy) is 1. The maximum Gasteiger partial charge on any atom is 0.291 e. The highest BCUT2D eigenvalue weighted by Crippen LogP contribution is 2.17. The van der Waals surface area contributed by atoms with Gasteiger partial charge in [0.25, 0.3) is 11.8 Å². The molecule has 0 fully saturated rings. The maximum atomic E-state index is 12.3. The number of benzene rings is 2. The van der Waals surface area contributed by atoms with Gasteiger partial charge in [0, 0.05) is 29.0 Å². The van der Waals surface area contributed by atoms with E-state index < -0.39 is 0 Å². The third-order valence-corrected chi connectivity index (χ3v) is 4.95. The molecule has 1 heterocycles. The highest BCUT2D eigenvalue weighted by atomic mass is 32.2. The van der Waals surface area contributed by atoms with Crippen molar-refractivity contribution >= 4 is 29.3 Å². The summed E-state index contributed by atoms with van der Waals surface area (Å²) in [5.74, 6) is 0.739. The number of carbonyl (C=O) groups excluding carboxylic acids is 2. The van der Waals surface area contributed by atoms with E-state index in [9.17, 15) is 9.59 Å². The van der Waals surface area contributed by atoms with Gasteiger partial charge >= 0.3 is 0 Å². The second kappa shape index (κ2) is 9.28. The fourth-order valence-corrected chi connectivity index (χ4v) is 3.19. The lowest BCUT2D eigenvalue weighted by atomic mass is 10.1. The zero-order valence-corrected chi connectivity index (χ0v) is 16.0. The normalized spacial score (nSPS) is 13.3. The van der Waals surface area contributed by atoms with E-state index in [1.165, 1.54) is 5.56 Å². The lowest BCUT2D eigenvalue weighted by Crippen LogP contribution is -2.23. The number of aryl methyl sites for hydroxylation is 1. The molecule has 0 radical (unpaired) electrons. The van der Waals surface area contributed by atoms with Crippen LogP contribution in [0.2, 0.25) is 0 Å². The van der Waals surface area contributed by atoms with E-state index in [4.69, 9.17) is 4.74 Å². The Bertz CT molecular complexity index is 830. The smallest absolute Gasteiger partial charge is 0.291 e. The number of anilines is 1. The highest BCUT2D eigenvalue weighted by molar-refractivity contribution is 8.02. The highest BCUT2D eigenvalue weighted by Gasteiger charge is 2.14. The van der Waals surface area contributed by atoms with Gasteiger partial charge in [0.05, 0.1) is 6.61 Å². The topological polar surface area (TPSA) is 67.4 Å². The third kappa shape index (κ3) is 5.37. The van der Waals surface area contributed by atoms with E-state index in [0.717, 1.165) is 17.7 Å². The molecule has 0 aliphatic carbocycles. The number of hydrogen-bond donors (Lipinski definition) is 2. The molecule has 0 unspecified atom stereocenters. The molecule has 2 amide bonds. The first-order valence-corrected chi connectivity index (χ1v) is 9.92. The van der Waals surface area contributed by atoms with Crippen LogP contribution in [0.1, 0.15) is 28.4 Å². The van der Waals surface area contributed by atoms with Gasteiger partial charge in [-0.25, -0.2) is 0 Å². The SMILES string of the molecule is CCc1ccc(CNC(=O)c2ccc(NC(=O)C3=CSCCO3)cc2)cc1. The molecule has 0 spiro atoms. The molecule has 2 aromatic rings. The van der Waals surface area contributed by atoms with Crippen molar-refractivity contribution in [3.8, 4) is 0 Å². The Hall–Kier alpha value is -2.73. The Balaban J connectivity index is 1.53. The number of amides is 2. The average molecular weight is 382 g/mol. The zero-order valence-electron chi connectivity index (χ0n) is 15.2. The summed E-state index contributed by atoms with van der Waals surface area (Å²) in [5, 5.41) is 7.39. The predicted molar refractivity (Wildman–Crippen MR) is 109 cm³/mol. The van der Waals surface area contributed by atoms with Crippen molar-refractivity contribution in [3.05, 3.63) is 76.4 Å². The summed E-state index contributed by atoms with van der Waals surface area (Å²) in [7, 11) is 0. The van der Waals surface area contributed by atoms with Gasteiger partial charge in [-0.2, -0.15) is 0 Å². The van der Waals surface area contributed by atoms with E-state index in [1.54, 1.807) is 41.4 Å². The molecule has 0 saturated carbocycles. The Morgan fingerprint density at radius 2 is 1.70 bits per heavy atom. The Morgan fingerprint density at radius 1 is 1.00 bits per heavy atom. The van der Waals surface area contributed by atoms with Crippen molar-refractivity contribution in [2.45, 2.75) is 19.9 Å². The van der Waals surface area contributed by atoms with Crippen molar-refractivity contribution in [1.29, 1.82) is 0 Å². The molecule has 2 aromatic carbocycles. The standard InChI is InChI=1S/C21H22N2O3S/c1-2-15-3-5-16(6-4-15)13-22-20(24)17-7-9-18(10-8-17)23-21(25)19-14-27-12-11-26-19/h3-10,14H,2,11-13H2,1H3,(H,22,24)(H,23,25). The van der Waals surface area contributed by atoms with Crippen LogP contribution in [0, 0.1) is 0 Å². The Labute approximate surface area is 163 Å². The van der Waals surface area contributed by atoms with E-state index in [1.807, 2.05) is 12.1 Å². The maximum absolute atomic E-state index is 12.3. The molecule has 0 saturated heterocycles. The fourth-order valence-electron chi connectivity index (χ4n) is 2.56. The predicted octanol–water partition coefficient (Wildman–Crippen LogP) is 3.72. The molecule has 3 rings (SSSR count). The Kier molecular flexibility index (Phi) is 6.54. The van der Waals surface area contributed by atoms with Crippen LogP contribution in [0.25, 0.3) is 0 Å². The third-order valence-electron chi connectivity index (χ3n) is 4.16. The molecule has 0 bridgehead atoms. The van der Waals surface area contributed by atoms with E-state index in [-0.39, 0.29) is 11.8 Å². The van der Waals surface area contributed by atoms with Gasteiger partial charge in [0.1, 0.15) is 0 Å². The molecule has 27 heavy (non-hydrogen) atoms. The molecule has 0 aromatic heterocycles. The summed E-state index contributed by atoms with van der Waals surface area (Å²) >= 11 is 1.55. The summed E-state index contributed by atoms with van der Waals surface area (Å²) in [6.07, 6.45) is 0.998. The van der Waals surface area contributed by atoms with Crippen LogP contribution in [-0.4, -0.2) is 24.2 Å². The van der Waals surface area contributed by atoms with Crippen molar-refractivity contribution in [2.24, 2.45) is 0 Å². The zero-order chi connectivity index (χ0) is 19.1.